The van der Waals surface area contributed by atoms with Crippen molar-refractivity contribution in [2.75, 3.05) is 30.8 Å². The lowest BCUT2D eigenvalue weighted by molar-refractivity contribution is -0.140. The van der Waals surface area contributed by atoms with Gasteiger partial charge in [0.15, 0.2) is 0 Å². The third-order valence-electron chi connectivity index (χ3n) is 5.36. The molecule has 0 unspecified atom stereocenters. The Labute approximate surface area is 196 Å². The maximum atomic E-state index is 13.6. The smallest absolute Gasteiger partial charge is 0.244 e. The van der Waals surface area contributed by atoms with Crippen LogP contribution in [-0.2, 0) is 26.2 Å². The van der Waals surface area contributed by atoms with E-state index < -0.39 is 28.5 Å². The largest absolute Gasteiger partial charge is 0.497 e. The van der Waals surface area contributed by atoms with E-state index in [0.717, 1.165) is 21.7 Å². The van der Waals surface area contributed by atoms with Gasteiger partial charge in [0.1, 0.15) is 18.3 Å². The van der Waals surface area contributed by atoms with Gasteiger partial charge in [-0.25, -0.2) is 8.42 Å². The number of amides is 2. The third kappa shape index (κ3) is 6.95. The van der Waals surface area contributed by atoms with E-state index in [1.54, 1.807) is 24.3 Å². The van der Waals surface area contributed by atoms with Crippen LogP contribution in [0.5, 0.6) is 5.75 Å². The highest BCUT2D eigenvalue weighted by Gasteiger charge is 2.31. The third-order valence-corrected chi connectivity index (χ3v) is 6.50. The van der Waals surface area contributed by atoms with E-state index in [0.29, 0.717) is 24.4 Å². The number of anilines is 1. The number of nitrogens with zero attached hydrogens (tertiary/aromatic N) is 2. The molecule has 0 aromatic heterocycles. The van der Waals surface area contributed by atoms with Gasteiger partial charge < -0.3 is 15.0 Å². The summed E-state index contributed by atoms with van der Waals surface area (Å²) in [7, 11) is -2.30. The first kappa shape index (κ1) is 26.2. The van der Waals surface area contributed by atoms with Crippen molar-refractivity contribution in [3.8, 4) is 5.75 Å². The molecule has 33 heavy (non-hydrogen) atoms. The quantitative estimate of drug-likeness (QED) is 0.539. The lowest BCUT2D eigenvalue weighted by atomic mass is 10.1. The van der Waals surface area contributed by atoms with E-state index in [1.165, 1.54) is 12.0 Å². The topological polar surface area (TPSA) is 96.0 Å². The van der Waals surface area contributed by atoms with Crippen molar-refractivity contribution in [2.24, 2.45) is 0 Å². The van der Waals surface area contributed by atoms with Crippen LogP contribution in [0.1, 0.15) is 31.4 Å². The van der Waals surface area contributed by atoms with E-state index in [1.807, 2.05) is 45.0 Å². The van der Waals surface area contributed by atoms with Crippen molar-refractivity contribution in [2.45, 2.75) is 39.8 Å². The van der Waals surface area contributed by atoms with E-state index >= 15 is 0 Å². The van der Waals surface area contributed by atoms with Crippen LogP contribution in [0.2, 0.25) is 0 Å². The summed E-state index contributed by atoms with van der Waals surface area (Å²) in [6, 6.07) is 13.4. The summed E-state index contributed by atoms with van der Waals surface area (Å²) in [4.78, 5) is 27.8. The Morgan fingerprint density at radius 1 is 1.09 bits per heavy atom. The number of hydrogen-bond donors (Lipinski definition) is 1. The zero-order chi connectivity index (χ0) is 24.6. The SMILES string of the molecule is CCNC(=O)[C@H](CC)N(Cc1ccccc1C)C(=O)CN(c1cccc(OC)c1)S(C)(=O)=O. The summed E-state index contributed by atoms with van der Waals surface area (Å²) in [5, 5.41) is 2.78. The number of likely N-dealkylation sites (N-methyl/N-ethyl adjacent to an activating group) is 1. The molecule has 2 rings (SSSR count). The maximum absolute atomic E-state index is 13.6. The van der Waals surface area contributed by atoms with Crippen molar-refractivity contribution in [1.29, 1.82) is 0 Å². The van der Waals surface area contributed by atoms with Gasteiger partial charge in [0.2, 0.25) is 21.8 Å². The second-order valence-electron chi connectivity index (χ2n) is 7.74. The Bertz CT molecular complexity index is 1070. The van der Waals surface area contributed by atoms with E-state index in [2.05, 4.69) is 5.32 Å². The molecule has 1 atom stereocenters. The molecule has 0 saturated carbocycles. The molecular weight excluding hydrogens is 442 g/mol. The standard InChI is InChI=1S/C24H33N3O5S/c1-6-22(24(29)25-7-2)26(16-19-12-9-8-11-18(19)3)23(28)17-27(33(5,30)31)20-13-10-14-21(15-20)32-4/h8-15,22H,6-7,16-17H2,1-5H3,(H,25,29)/t22-/m0/s1. The number of sulfonamides is 1. The van der Waals surface area contributed by atoms with Crippen molar-refractivity contribution in [3.63, 3.8) is 0 Å². The van der Waals surface area contributed by atoms with Crippen molar-refractivity contribution in [1.82, 2.24) is 10.2 Å². The highest BCUT2D eigenvalue weighted by Crippen LogP contribution is 2.24. The minimum absolute atomic E-state index is 0.191. The average molecular weight is 476 g/mol. The summed E-state index contributed by atoms with van der Waals surface area (Å²) in [6.45, 7) is 5.76. The fraction of sp³-hybridized carbons (Fsp3) is 0.417. The zero-order valence-corrected chi connectivity index (χ0v) is 20.7. The first-order valence-corrected chi connectivity index (χ1v) is 12.7. The average Bonchev–Trinajstić information content (AvgIpc) is 2.77. The Morgan fingerprint density at radius 2 is 1.79 bits per heavy atom. The molecule has 8 nitrogen and oxygen atoms in total. The predicted molar refractivity (Wildman–Crippen MR) is 130 cm³/mol. The molecule has 2 aromatic rings. The van der Waals surface area contributed by atoms with Crippen LogP contribution in [0, 0.1) is 6.92 Å². The van der Waals surface area contributed by atoms with Crippen LogP contribution in [0.25, 0.3) is 0 Å². The molecule has 0 saturated heterocycles. The number of ether oxygens (including phenoxy) is 1. The van der Waals surface area contributed by atoms with Crippen LogP contribution < -0.4 is 14.4 Å². The van der Waals surface area contributed by atoms with Gasteiger partial charge in [-0.2, -0.15) is 0 Å². The van der Waals surface area contributed by atoms with Gasteiger partial charge in [-0.15, -0.1) is 0 Å². The number of carbonyl (C=O) groups is 2. The second kappa shape index (κ2) is 11.7. The van der Waals surface area contributed by atoms with Crippen molar-refractivity contribution in [3.05, 3.63) is 59.7 Å². The number of benzene rings is 2. The molecule has 0 spiro atoms. The van der Waals surface area contributed by atoms with E-state index in [9.17, 15) is 18.0 Å². The van der Waals surface area contributed by atoms with Gasteiger partial charge >= 0.3 is 0 Å². The van der Waals surface area contributed by atoms with Crippen LogP contribution in [0.15, 0.2) is 48.5 Å². The number of aryl methyl sites for hydroxylation is 1. The van der Waals surface area contributed by atoms with Gasteiger partial charge in [-0.1, -0.05) is 37.3 Å². The molecule has 2 aromatic carbocycles. The Kier molecular flexibility index (Phi) is 9.28. The van der Waals surface area contributed by atoms with Crippen LogP contribution in [0.4, 0.5) is 5.69 Å². The minimum atomic E-state index is -3.79. The summed E-state index contributed by atoms with van der Waals surface area (Å²) >= 11 is 0. The van der Waals surface area contributed by atoms with Crippen LogP contribution in [0.3, 0.4) is 0 Å². The summed E-state index contributed by atoms with van der Waals surface area (Å²) in [5.74, 6) is -0.266. The normalized spacial score (nSPS) is 12.0. The summed E-state index contributed by atoms with van der Waals surface area (Å²) in [6.07, 6.45) is 1.44. The summed E-state index contributed by atoms with van der Waals surface area (Å²) in [5.41, 5.74) is 2.18. The van der Waals surface area contributed by atoms with E-state index in [-0.39, 0.29) is 12.5 Å². The Morgan fingerprint density at radius 3 is 2.36 bits per heavy atom. The first-order valence-electron chi connectivity index (χ1n) is 10.9. The molecule has 1 N–H and O–H groups in total. The number of nitrogens with one attached hydrogen (secondary N) is 1. The Hall–Kier alpha value is -3.07. The molecule has 0 aliphatic heterocycles. The second-order valence-corrected chi connectivity index (χ2v) is 9.64. The van der Waals surface area contributed by atoms with Gasteiger partial charge in [-0.3, -0.25) is 13.9 Å². The fourth-order valence-electron chi connectivity index (χ4n) is 3.56. The minimum Gasteiger partial charge on any atom is -0.497 e. The van der Waals surface area contributed by atoms with Gasteiger partial charge in [0, 0.05) is 19.2 Å². The highest BCUT2D eigenvalue weighted by atomic mass is 32.2. The number of rotatable bonds is 11. The van der Waals surface area contributed by atoms with Gasteiger partial charge in [-0.05, 0) is 43.5 Å². The first-order chi connectivity index (χ1) is 15.6. The molecule has 2 amide bonds. The maximum Gasteiger partial charge on any atom is 0.244 e. The molecule has 9 heteroatoms. The molecule has 0 heterocycles. The van der Waals surface area contributed by atoms with Crippen molar-refractivity contribution >= 4 is 27.5 Å². The monoisotopic (exact) mass is 475 g/mol. The molecule has 0 fully saturated rings. The lowest BCUT2D eigenvalue weighted by Gasteiger charge is -2.33. The number of methoxy groups -OCH3 is 1. The molecule has 0 bridgehead atoms. The molecule has 0 radical (unpaired) electrons. The fourth-order valence-corrected chi connectivity index (χ4v) is 4.40. The van der Waals surface area contributed by atoms with Gasteiger partial charge in [0.05, 0.1) is 19.1 Å². The molecular formula is C24H33N3O5S. The van der Waals surface area contributed by atoms with Gasteiger partial charge in [0.25, 0.3) is 0 Å². The number of hydrogen-bond acceptors (Lipinski definition) is 5. The molecule has 0 aliphatic carbocycles. The number of carbonyl (C=O) groups excluding carboxylic acids is 2. The Balaban J connectivity index is 2.46. The molecule has 180 valence electrons. The molecule has 0 aliphatic rings. The van der Waals surface area contributed by atoms with Crippen LogP contribution >= 0.6 is 0 Å². The summed E-state index contributed by atoms with van der Waals surface area (Å²) < 4.78 is 31.5. The highest BCUT2D eigenvalue weighted by molar-refractivity contribution is 7.92. The van der Waals surface area contributed by atoms with E-state index in [4.69, 9.17) is 4.74 Å². The zero-order valence-electron chi connectivity index (χ0n) is 19.9. The van der Waals surface area contributed by atoms with Crippen LogP contribution in [-0.4, -0.2) is 57.6 Å². The lowest BCUT2D eigenvalue weighted by Crippen LogP contribution is -2.52. The van der Waals surface area contributed by atoms with Crippen molar-refractivity contribution < 1.29 is 22.7 Å². The predicted octanol–water partition coefficient (Wildman–Crippen LogP) is 2.71.